The smallest absolute Gasteiger partial charge is 0.173 e. The molecule has 104 valence electrons. The van der Waals surface area contributed by atoms with Crippen molar-refractivity contribution in [2.75, 3.05) is 0 Å². The third kappa shape index (κ3) is 1.83. The fourth-order valence-corrected chi connectivity index (χ4v) is 2.32. The van der Waals surface area contributed by atoms with Crippen molar-refractivity contribution in [3.8, 4) is 23.0 Å². The van der Waals surface area contributed by atoms with Crippen molar-refractivity contribution < 1.29 is 0 Å². The number of hydrogen-bond acceptors (Lipinski definition) is 5. The van der Waals surface area contributed by atoms with Gasteiger partial charge in [-0.25, -0.2) is 19.2 Å². The maximum Gasteiger partial charge on any atom is 0.173 e. The summed E-state index contributed by atoms with van der Waals surface area (Å²) in [5.41, 5.74) is 3.78. The summed E-state index contributed by atoms with van der Waals surface area (Å²) in [7, 11) is 0. The SMILES string of the molecule is N#Cc1cnn2c(-c3ccc(-n4cncn4)cc3)ccnc12. The molecule has 0 aliphatic heterocycles. The fourth-order valence-electron chi connectivity index (χ4n) is 2.32. The lowest BCUT2D eigenvalue weighted by Gasteiger charge is -2.06. The molecule has 0 spiro atoms. The van der Waals surface area contributed by atoms with E-state index in [-0.39, 0.29) is 0 Å². The molecule has 0 aliphatic carbocycles. The lowest BCUT2D eigenvalue weighted by molar-refractivity contribution is 0.879. The minimum Gasteiger partial charge on any atom is -0.236 e. The Hall–Kier alpha value is -3.53. The van der Waals surface area contributed by atoms with Gasteiger partial charge in [-0.2, -0.15) is 15.5 Å². The summed E-state index contributed by atoms with van der Waals surface area (Å²) in [4.78, 5) is 8.14. The van der Waals surface area contributed by atoms with E-state index >= 15 is 0 Å². The Morgan fingerprint density at radius 1 is 1.05 bits per heavy atom. The number of rotatable bonds is 2. The van der Waals surface area contributed by atoms with Crippen molar-refractivity contribution in [2.24, 2.45) is 0 Å². The van der Waals surface area contributed by atoms with Gasteiger partial charge in [0.25, 0.3) is 0 Å². The van der Waals surface area contributed by atoms with Gasteiger partial charge in [-0.3, -0.25) is 0 Å². The second-order valence-electron chi connectivity index (χ2n) is 4.62. The molecule has 4 aromatic rings. The van der Waals surface area contributed by atoms with Crippen LogP contribution in [0.2, 0.25) is 0 Å². The molecule has 1 aromatic carbocycles. The van der Waals surface area contributed by atoms with Gasteiger partial charge >= 0.3 is 0 Å². The van der Waals surface area contributed by atoms with E-state index in [1.165, 1.54) is 12.5 Å². The summed E-state index contributed by atoms with van der Waals surface area (Å²) in [6.45, 7) is 0. The highest BCUT2D eigenvalue weighted by atomic mass is 15.3. The summed E-state index contributed by atoms with van der Waals surface area (Å²) in [5, 5.41) is 17.4. The number of fused-ring (bicyclic) bond motifs is 1. The van der Waals surface area contributed by atoms with Crippen molar-refractivity contribution in [3.05, 3.63) is 60.9 Å². The normalized spacial score (nSPS) is 10.7. The molecule has 0 amide bonds. The Morgan fingerprint density at radius 2 is 1.91 bits per heavy atom. The van der Waals surface area contributed by atoms with Crippen LogP contribution in [0.15, 0.2) is 55.4 Å². The quantitative estimate of drug-likeness (QED) is 0.561. The topological polar surface area (TPSA) is 84.7 Å². The second kappa shape index (κ2) is 4.79. The minimum absolute atomic E-state index is 0.459. The molecule has 0 radical (unpaired) electrons. The summed E-state index contributed by atoms with van der Waals surface area (Å²) in [6, 6.07) is 11.8. The van der Waals surface area contributed by atoms with E-state index in [2.05, 4.69) is 26.2 Å². The molecule has 0 unspecified atom stereocenters. The van der Waals surface area contributed by atoms with E-state index < -0.39 is 0 Å². The van der Waals surface area contributed by atoms with Crippen LogP contribution in [0.1, 0.15) is 5.56 Å². The molecular weight excluding hydrogens is 278 g/mol. The standard InChI is InChI=1S/C15H9N7/c16-7-12-8-19-22-14(5-6-18-15(12)22)11-1-3-13(4-2-11)21-10-17-9-20-21/h1-6,8-10H. The lowest BCUT2D eigenvalue weighted by Crippen LogP contribution is -1.97. The third-order valence-electron chi connectivity index (χ3n) is 3.37. The Balaban J connectivity index is 1.82. The third-order valence-corrected chi connectivity index (χ3v) is 3.37. The molecule has 0 N–H and O–H groups in total. The molecule has 3 heterocycles. The Labute approximate surface area is 125 Å². The average molecular weight is 287 g/mol. The summed E-state index contributed by atoms with van der Waals surface area (Å²) in [6.07, 6.45) is 6.34. The summed E-state index contributed by atoms with van der Waals surface area (Å²) < 4.78 is 3.36. The van der Waals surface area contributed by atoms with Gasteiger partial charge in [-0.05, 0) is 18.2 Å². The van der Waals surface area contributed by atoms with E-state index in [0.717, 1.165) is 16.9 Å². The minimum atomic E-state index is 0.459. The summed E-state index contributed by atoms with van der Waals surface area (Å²) in [5.74, 6) is 0. The lowest BCUT2D eigenvalue weighted by atomic mass is 10.1. The molecule has 0 aliphatic rings. The molecule has 7 nitrogen and oxygen atoms in total. The fraction of sp³-hybridized carbons (Fsp3) is 0. The highest BCUT2D eigenvalue weighted by Crippen LogP contribution is 2.22. The van der Waals surface area contributed by atoms with E-state index in [0.29, 0.717) is 11.2 Å². The molecule has 0 atom stereocenters. The van der Waals surface area contributed by atoms with Crippen LogP contribution in [-0.2, 0) is 0 Å². The van der Waals surface area contributed by atoms with Crippen molar-refractivity contribution in [2.45, 2.75) is 0 Å². The predicted molar refractivity (Wildman–Crippen MR) is 78.1 cm³/mol. The molecule has 3 aromatic heterocycles. The average Bonchev–Trinajstić information content (AvgIpc) is 3.24. The largest absolute Gasteiger partial charge is 0.236 e. The summed E-state index contributed by atoms with van der Waals surface area (Å²) >= 11 is 0. The van der Waals surface area contributed by atoms with Crippen LogP contribution >= 0.6 is 0 Å². The Kier molecular flexibility index (Phi) is 2.66. The molecular formula is C15H9N7. The van der Waals surface area contributed by atoms with E-state index in [9.17, 15) is 0 Å². The van der Waals surface area contributed by atoms with Crippen LogP contribution in [0.3, 0.4) is 0 Å². The van der Waals surface area contributed by atoms with Gasteiger partial charge in [-0.15, -0.1) is 0 Å². The van der Waals surface area contributed by atoms with Crippen molar-refractivity contribution in [1.29, 1.82) is 5.26 Å². The van der Waals surface area contributed by atoms with Gasteiger partial charge in [0.2, 0.25) is 0 Å². The molecule has 7 heteroatoms. The van der Waals surface area contributed by atoms with Crippen LogP contribution in [-0.4, -0.2) is 29.4 Å². The molecule has 22 heavy (non-hydrogen) atoms. The monoisotopic (exact) mass is 287 g/mol. The molecule has 0 saturated carbocycles. The van der Waals surface area contributed by atoms with Gasteiger partial charge in [0.05, 0.1) is 17.6 Å². The van der Waals surface area contributed by atoms with Crippen LogP contribution in [0, 0.1) is 11.3 Å². The van der Waals surface area contributed by atoms with E-state index in [1.54, 1.807) is 21.7 Å². The van der Waals surface area contributed by atoms with E-state index in [4.69, 9.17) is 5.26 Å². The van der Waals surface area contributed by atoms with Crippen LogP contribution < -0.4 is 0 Å². The Morgan fingerprint density at radius 3 is 2.64 bits per heavy atom. The molecule has 0 fully saturated rings. The van der Waals surface area contributed by atoms with Crippen molar-refractivity contribution >= 4 is 5.65 Å². The first kappa shape index (κ1) is 12.2. The van der Waals surface area contributed by atoms with Crippen molar-refractivity contribution in [1.82, 2.24) is 29.4 Å². The van der Waals surface area contributed by atoms with Crippen LogP contribution in [0.25, 0.3) is 22.6 Å². The zero-order chi connectivity index (χ0) is 14.9. The second-order valence-corrected chi connectivity index (χ2v) is 4.62. The Bertz CT molecular complexity index is 975. The van der Waals surface area contributed by atoms with Gasteiger partial charge in [0.15, 0.2) is 5.65 Å². The van der Waals surface area contributed by atoms with Crippen molar-refractivity contribution in [3.63, 3.8) is 0 Å². The first-order valence-corrected chi connectivity index (χ1v) is 6.55. The number of hydrogen-bond donors (Lipinski definition) is 0. The first-order valence-electron chi connectivity index (χ1n) is 6.55. The number of nitriles is 1. The van der Waals surface area contributed by atoms with Gasteiger partial charge in [-0.1, -0.05) is 12.1 Å². The van der Waals surface area contributed by atoms with Crippen LogP contribution in [0.5, 0.6) is 0 Å². The maximum atomic E-state index is 9.07. The van der Waals surface area contributed by atoms with Gasteiger partial charge in [0, 0.05) is 11.8 Å². The van der Waals surface area contributed by atoms with E-state index in [1.807, 2.05) is 30.3 Å². The van der Waals surface area contributed by atoms with Gasteiger partial charge in [0.1, 0.15) is 24.3 Å². The zero-order valence-electron chi connectivity index (χ0n) is 11.3. The molecule has 4 rings (SSSR count). The number of benzene rings is 1. The number of aromatic nitrogens is 6. The van der Waals surface area contributed by atoms with Crippen LogP contribution in [0.4, 0.5) is 0 Å². The van der Waals surface area contributed by atoms with Gasteiger partial charge < -0.3 is 0 Å². The maximum absolute atomic E-state index is 9.07. The first-order chi connectivity index (χ1) is 10.9. The highest BCUT2D eigenvalue weighted by molar-refractivity contribution is 5.66. The number of nitrogens with zero attached hydrogens (tertiary/aromatic N) is 7. The zero-order valence-corrected chi connectivity index (χ0v) is 11.3. The predicted octanol–water partition coefficient (Wildman–Crippen LogP) is 1.85. The highest BCUT2D eigenvalue weighted by Gasteiger charge is 2.09. The molecule has 0 saturated heterocycles. The molecule has 0 bridgehead atoms.